The number of halogens is 2. The molecule has 0 bridgehead atoms. The summed E-state index contributed by atoms with van der Waals surface area (Å²) in [7, 11) is 1.64. The normalized spacial score (nSPS) is 13.3. The van der Waals surface area contributed by atoms with E-state index in [1.807, 2.05) is 6.07 Å². The lowest BCUT2D eigenvalue weighted by Crippen LogP contribution is -2.12. The molecule has 1 heterocycles. The summed E-state index contributed by atoms with van der Waals surface area (Å²) >= 11 is 10.7. The summed E-state index contributed by atoms with van der Waals surface area (Å²) < 4.78 is 6.80. The van der Waals surface area contributed by atoms with E-state index in [1.54, 1.807) is 7.11 Å². The minimum absolute atomic E-state index is 0.0428. The van der Waals surface area contributed by atoms with Gasteiger partial charge in [-0.25, -0.2) is 0 Å². The van der Waals surface area contributed by atoms with Crippen molar-refractivity contribution in [2.24, 2.45) is 5.73 Å². The van der Waals surface area contributed by atoms with E-state index in [0.29, 0.717) is 6.54 Å². The highest BCUT2D eigenvalue weighted by molar-refractivity contribution is 9.10. The highest BCUT2D eigenvalue weighted by Gasteiger charge is 2.13. The standard InChI is InChI=1S/C7H9BrClNOS/c1-11-5(3-10)6-2-4(8)7(9)12-6/h2,5H,3,10H2,1H3. The first-order valence-electron chi connectivity index (χ1n) is 3.36. The lowest BCUT2D eigenvalue weighted by molar-refractivity contribution is 0.113. The number of rotatable bonds is 3. The Morgan fingerprint density at radius 3 is 2.83 bits per heavy atom. The molecule has 1 aromatic rings. The van der Waals surface area contributed by atoms with Crippen LogP contribution in [0.5, 0.6) is 0 Å². The van der Waals surface area contributed by atoms with E-state index in [9.17, 15) is 0 Å². The molecule has 1 aromatic heterocycles. The lowest BCUT2D eigenvalue weighted by Gasteiger charge is -2.09. The van der Waals surface area contributed by atoms with E-state index < -0.39 is 0 Å². The van der Waals surface area contributed by atoms with Crippen molar-refractivity contribution >= 4 is 38.9 Å². The number of hydrogen-bond donors (Lipinski definition) is 1. The third-order valence-electron chi connectivity index (χ3n) is 1.48. The third-order valence-corrected chi connectivity index (χ3v) is 4.05. The molecule has 0 aliphatic rings. The molecule has 2 nitrogen and oxygen atoms in total. The Kier molecular flexibility index (Phi) is 3.99. The van der Waals surface area contributed by atoms with Gasteiger partial charge in [0.2, 0.25) is 0 Å². The number of methoxy groups -OCH3 is 1. The largest absolute Gasteiger partial charge is 0.375 e. The number of hydrogen-bond acceptors (Lipinski definition) is 3. The second-order valence-corrected chi connectivity index (χ2v) is 4.77. The van der Waals surface area contributed by atoms with Crippen LogP contribution in [0.3, 0.4) is 0 Å². The Bertz CT molecular complexity index is 242. The van der Waals surface area contributed by atoms with Gasteiger partial charge in [-0.15, -0.1) is 11.3 Å². The van der Waals surface area contributed by atoms with Gasteiger partial charge >= 0.3 is 0 Å². The van der Waals surface area contributed by atoms with Gasteiger partial charge in [0.1, 0.15) is 10.4 Å². The molecular weight excluding hydrogens is 262 g/mol. The molecule has 0 amide bonds. The van der Waals surface area contributed by atoms with Crippen LogP contribution in [0.1, 0.15) is 11.0 Å². The van der Waals surface area contributed by atoms with Crippen LogP contribution in [0.2, 0.25) is 4.34 Å². The molecule has 1 unspecified atom stereocenters. The van der Waals surface area contributed by atoms with E-state index >= 15 is 0 Å². The van der Waals surface area contributed by atoms with Crippen LogP contribution >= 0.6 is 38.9 Å². The Balaban J connectivity index is 2.86. The summed E-state index contributed by atoms with van der Waals surface area (Å²) in [5, 5.41) is 0. The van der Waals surface area contributed by atoms with E-state index in [4.69, 9.17) is 22.1 Å². The quantitative estimate of drug-likeness (QED) is 0.917. The third kappa shape index (κ3) is 2.20. The summed E-state index contributed by atoms with van der Waals surface area (Å²) in [6.45, 7) is 0.472. The molecule has 2 N–H and O–H groups in total. The predicted molar refractivity (Wildman–Crippen MR) is 55.8 cm³/mol. The van der Waals surface area contributed by atoms with E-state index in [1.165, 1.54) is 11.3 Å². The second kappa shape index (κ2) is 4.58. The van der Waals surface area contributed by atoms with Crippen LogP contribution in [-0.4, -0.2) is 13.7 Å². The van der Waals surface area contributed by atoms with Gasteiger partial charge in [-0.2, -0.15) is 0 Å². The highest BCUT2D eigenvalue weighted by Crippen LogP contribution is 2.35. The fourth-order valence-corrected chi connectivity index (χ4v) is 2.68. The summed E-state index contributed by atoms with van der Waals surface area (Å²) in [5.41, 5.74) is 5.50. The van der Waals surface area contributed by atoms with Crippen molar-refractivity contribution < 1.29 is 4.74 Å². The van der Waals surface area contributed by atoms with Crippen molar-refractivity contribution in [1.29, 1.82) is 0 Å². The number of nitrogens with two attached hydrogens (primary N) is 1. The molecule has 0 saturated heterocycles. The Labute approximate surface area is 88.8 Å². The first kappa shape index (κ1) is 10.5. The van der Waals surface area contributed by atoms with Crippen molar-refractivity contribution in [3.8, 4) is 0 Å². The molecule has 0 aromatic carbocycles. The monoisotopic (exact) mass is 269 g/mol. The molecule has 1 rings (SSSR count). The van der Waals surface area contributed by atoms with Crippen LogP contribution in [0, 0.1) is 0 Å². The van der Waals surface area contributed by atoms with Gasteiger partial charge in [-0.1, -0.05) is 11.6 Å². The molecule has 12 heavy (non-hydrogen) atoms. The molecule has 0 aliphatic carbocycles. The summed E-state index contributed by atoms with van der Waals surface area (Å²) in [6.07, 6.45) is -0.0428. The van der Waals surface area contributed by atoms with Crippen molar-refractivity contribution in [1.82, 2.24) is 0 Å². The molecule has 0 radical (unpaired) electrons. The lowest BCUT2D eigenvalue weighted by atomic mass is 10.3. The van der Waals surface area contributed by atoms with Gasteiger partial charge in [0.05, 0.1) is 0 Å². The molecule has 0 saturated carbocycles. The summed E-state index contributed by atoms with van der Waals surface area (Å²) in [4.78, 5) is 1.05. The Morgan fingerprint density at radius 1 is 1.83 bits per heavy atom. The minimum Gasteiger partial charge on any atom is -0.375 e. The van der Waals surface area contributed by atoms with Gasteiger partial charge in [0, 0.05) is 23.0 Å². The maximum absolute atomic E-state index is 5.86. The molecule has 0 fully saturated rings. The van der Waals surface area contributed by atoms with Crippen LogP contribution in [0.4, 0.5) is 0 Å². The van der Waals surface area contributed by atoms with Gasteiger partial charge in [0.15, 0.2) is 0 Å². The van der Waals surface area contributed by atoms with Gasteiger partial charge < -0.3 is 10.5 Å². The minimum atomic E-state index is -0.0428. The van der Waals surface area contributed by atoms with Crippen molar-refractivity contribution in [3.63, 3.8) is 0 Å². The Morgan fingerprint density at radius 2 is 2.50 bits per heavy atom. The van der Waals surface area contributed by atoms with Crippen molar-refractivity contribution in [3.05, 3.63) is 19.8 Å². The highest BCUT2D eigenvalue weighted by atomic mass is 79.9. The number of thiophene rings is 1. The smallest absolute Gasteiger partial charge is 0.107 e. The second-order valence-electron chi connectivity index (χ2n) is 2.23. The Hall–Kier alpha value is 0.390. The molecule has 5 heteroatoms. The molecular formula is C7H9BrClNOS. The van der Waals surface area contributed by atoms with Gasteiger partial charge in [0.25, 0.3) is 0 Å². The zero-order valence-corrected chi connectivity index (χ0v) is 9.67. The molecule has 0 aliphatic heterocycles. The zero-order valence-electron chi connectivity index (χ0n) is 6.51. The van der Waals surface area contributed by atoms with Crippen molar-refractivity contribution in [2.45, 2.75) is 6.10 Å². The first-order valence-corrected chi connectivity index (χ1v) is 5.35. The fourth-order valence-electron chi connectivity index (χ4n) is 0.851. The number of ether oxygens (including phenoxy) is 1. The average Bonchev–Trinajstić information content (AvgIpc) is 2.35. The van der Waals surface area contributed by atoms with E-state index in [0.717, 1.165) is 13.7 Å². The van der Waals surface area contributed by atoms with E-state index in [-0.39, 0.29) is 6.10 Å². The fraction of sp³-hybridized carbons (Fsp3) is 0.429. The maximum atomic E-state index is 5.86. The molecule has 0 spiro atoms. The molecule has 1 atom stereocenters. The van der Waals surface area contributed by atoms with Crippen LogP contribution in [-0.2, 0) is 4.74 Å². The van der Waals surface area contributed by atoms with Crippen molar-refractivity contribution in [2.75, 3.05) is 13.7 Å². The maximum Gasteiger partial charge on any atom is 0.107 e. The molecule has 68 valence electrons. The summed E-state index contributed by atoms with van der Waals surface area (Å²) in [5.74, 6) is 0. The summed E-state index contributed by atoms with van der Waals surface area (Å²) in [6, 6.07) is 1.94. The van der Waals surface area contributed by atoms with Gasteiger partial charge in [-0.05, 0) is 22.0 Å². The topological polar surface area (TPSA) is 35.2 Å². The average molecular weight is 271 g/mol. The van der Waals surface area contributed by atoms with Gasteiger partial charge in [-0.3, -0.25) is 0 Å². The zero-order chi connectivity index (χ0) is 9.14. The van der Waals surface area contributed by atoms with E-state index in [2.05, 4.69) is 15.9 Å². The predicted octanol–water partition coefficient (Wildman–Crippen LogP) is 2.81. The SMILES string of the molecule is COC(CN)c1cc(Br)c(Cl)s1. The van der Waals surface area contributed by atoms with Crippen LogP contribution in [0.25, 0.3) is 0 Å². The first-order chi connectivity index (χ1) is 5.69. The van der Waals surface area contributed by atoms with Crippen LogP contribution < -0.4 is 5.73 Å². The van der Waals surface area contributed by atoms with Crippen LogP contribution in [0.15, 0.2) is 10.5 Å².